The van der Waals surface area contributed by atoms with Crippen LogP contribution in [0.1, 0.15) is 24.5 Å². The van der Waals surface area contributed by atoms with Crippen molar-refractivity contribution >= 4 is 40.5 Å². The first kappa shape index (κ1) is 20.7. The molecule has 1 heterocycles. The van der Waals surface area contributed by atoms with Gasteiger partial charge in [0.05, 0.1) is 12.1 Å². The van der Waals surface area contributed by atoms with E-state index in [2.05, 4.69) is 18.8 Å². The van der Waals surface area contributed by atoms with Gasteiger partial charge in [0.2, 0.25) is 5.91 Å². The van der Waals surface area contributed by atoms with Gasteiger partial charge in [0.15, 0.2) is 5.11 Å². The average Bonchev–Trinajstić information content (AvgIpc) is 3.01. The van der Waals surface area contributed by atoms with Gasteiger partial charge in [-0.2, -0.15) is 0 Å². The van der Waals surface area contributed by atoms with Crippen molar-refractivity contribution in [2.75, 3.05) is 16.8 Å². The summed E-state index contributed by atoms with van der Waals surface area (Å²) in [6.45, 7) is 8.21. The first-order valence-electron chi connectivity index (χ1n) is 9.65. The molecule has 1 N–H and O–H groups in total. The van der Waals surface area contributed by atoms with Crippen LogP contribution in [-0.4, -0.2) is 34.4 Å². The van der Waals surface area contributed by atoms with E-state index in [0.717, 1.165) is 23.2 Å². The monoisotopic (exact) mass is 407 g/mol. The van der Waals surface area contributed by atoms with Gasteiger partial charge in [-0.25, -0.2) is 4.90 Å². The van der Waals surface area contributed by atoms with Crippen LogP contribution < -0.4 is 10.2 Å². The van der Waals surface area contributed by atoms with Crippen molar-refractivity contribution in [3.05, 3.63) is 72.3 Å². The summed E-state index contributed by atoms with van der Waals surface area (Å²) in [5.74, 6) is -0.495. The van der Waals surface area contributed by atoms with Gasteiger partial charge in [0, 0.05) is 12.2 Å². The Kier molecular flexibility index (Phi) is 6.44. The third kappa shape index (κ3) is 4.54. The normalized spacial score (nSPS) is 16.1. The maximum absolute atomic E-state index is 13.1. The van der Waals surface area contributed by atoms with Crippen LogP contribution in [0.2, 0.25) is 0 Å². The number of nitrogens with one attached hydrogen (secondary N) is 1. The first-order chi connectivity index (χ1) is 13.9. The van der Waals surface area contributed by atoms with Crippen molar-refractivity contribution in [2.24, 2.45) is 0 Å². The van der Waals surface area contributed by atoms with Crippen LogP contribution in [0.5, 0.6) is 0 Å². The summed E-state index contributed by atoms with van der Waals surface area (Å²) in [6.07, 6.45) is 2.66. The number of amides is 2. The number of carbonyl (C=O) groups excluding carboxylic acids is 2. The van der Waals surface area contributed by atoms with E-state index in [1.54, 1.807) is 11.0 Å². The molecule has 0 unspecified atom stereocenters. The van der Waals surface area contributed by atoms with E-state index < -0.39 is 6.04 Å². The minimum absolute atomic E-state index is 0.0813. The summed E-state index contributed by atoms with van der Waals surface area (Å²) in [5, 5.41) is 3.56. The van der Waals surface area contributed by atoms with Crippen molar-refractivity contribution in [3.63, 3.8) is 0 Å². The summed E-state index contributed by atoms with van der Waals surface area (Å²) in [6, 6.07) is 14.7. The molecule has 0 saturated carbocycles. The summed E-state index contributed by atoms with van der Waals surface area (Å²) >= 11 is 5.56. The number of aryl methyl sites for hydroxylation is 2. The van der Waals surface area contributed by atoms with E-state index in [0.29, 0.717) is 17.3 Å². The average molecular weight is 408 g/mol. The van der Waals surface area contributed by atoms with Gasteiger partial charge in [0.1, 0.15) is 6.04 Å². The maximum atomic E-state index is 13.1. The molecule has 0 bridgehead atoms. The molecule has 0 aliphatic carbocycles. The first-order valence-corrected chi connectivity index (χ1v) is 10.1. The van der Waals surface area contributed by atoms with E-state index >= 15 is 0 Å². The lowest BCUT2D eigenvalue weighted by Gasteiger charge is -2.29. The zero-order chi connectivity index (χ0) is 21.0. The van der Waals surface area contributed by atoms with Crippen LogP contribution in [0.25, 0.3) is 0 Å². The number of rotatable bonds is 6. The molecule has 2 aromatic rings. The molecule has 1 atom stereocenters. The Labute approximate surface area is 177 Å². The molecule has 29 heavy (non-hydrogen) atoms. The molecular weight excluding hydrogens is 382 g/mol. The molecule has 6 heteroatoms. The van der Waals surface area contributed by atoms with E-state index in [-0.39, 0.29) is 18.2 Å². The van der Waals surface area contributed by atoms with Crippen molar-refractivity contribution in [2.45, 2.75) is 32.7 Å². The van der Waals surface area contributed by atoms with E-state index in [9.17, 15) is 9.59 Å². The Morgan fingerprint density at radius 2 is 1.86 bits per heavy atom. The topological polar surface area (TPSA) is 52.7 Å². The van der Waals surface area contributed by atoms with E-state index in [1.807, 2.05) is 55.5 Å². The highest BCUT2D eigenvalue weighted by Gasteiger charge is 2.43. The second kappa shape index (κ2) is 9.01. The van der Waals surface area contributed by atoms with Crippen LogP contribution in [0.3, 0.4) is 0 Å². The summed E-state index contributed by atoms with van der Waals surface area (Å²) in [5.41, 5.74) is 3.72. The number of thiocarbonyl (C=S) groups is 1. The van der Waals surface area contributed by atoms with Crippen LogP contribution in [0.15, 0.2) is 61.2 Å². The molecule has 1 saturated heterocycles. The smallest absolute Gasteiger partial charge is 0.257 e. The summed E-state index contributed by atoms with van der Waals surface area (Å²) in [7, 11) is 0. The molecule has 0 aromatic heterocycles. The summed E-state index contributed by atoms with van der Waals surface area (Å²) in [4.78, 5) is 28.8. The Bertz CT molecular complexity index is 922. The molecule has 0 radical (unpaired) electrons. The molecule has 3 rings (SSSR count). The van der Waals surface area contributed by atoms with Crippen LogP contribution in [-0.2, 0) is 16.0 Å². The lowest BCUT2D eigenvalue weighted by Crippen LogP contribution is -2.47. The quantitative estimate of drug-likeness (QED) is 0.444. The lowest BCUT2D eigenvalue weighted by molar-refractivity contribution is -0.122. The lowest BCUT2D eigenvalue weighted by atomic mass is 10.1. The Morgan fingerprint density at radius 1 is 1.21 bits per heavy atom. The largest absolute Gasteiger partial charge is 0.333 e. The SMILES string of the molecule is C=CCN(C(=S)Nc1ccc(C)cc1)[C@@H]1CC(=O)N(c2ccc(CC)cc2)C1=O. The Balaban J connectivity index is 1.80. The minimum atomic E-state index is -0.656. The Hall–Kier alpha value is -2.99. The molecule has 0 spiro atoms. The molecule has 150 valence electrons. The Morgan fingerprint density at radius 3 is 2.45 bits per heavy atom. The van der Waals surface area contributed by atoms with Gasteiger partial charge < -0.3 is 10.2 Å². The zero-order valence-corrected chi connectivity index (χ0v) is 17.5. The highest BCUT2D eigenvalue weighted by Crippen LogP contribution is 2.27. The molecule has 2 amide bonds. The number of hydrogen-bond acceptors (Lipinski definition) is 3. The highest BCUT2D eigenvalue weighted by atomic mass is 32.1. The van der Waals surface area contributed by atoms with Crippen molar-refractivity contribution < 1.29 is 9.59 Å². The second-order valence-corrected chi connectivity index (χ2v) is 7.43. The fourth-order valence-electron chi connectivity index (χ4n) is 3.33. The van der Waals surface area contributed by atoms with Crippen LogP contribution in [0, 0.1) is 6.92 Å². The predicted molar refractivity (Wildman–Crippen MR) is 121 cm³/mol. The van der Waals surface area contributed by atoms with E-state index in [4.69, 9.17) is 12.2 Å². The van der Waals surface area contributed by atoms with Gasteiger partial charge in [-0.15, -0.1) is 6.58 Å². The molecule has 1 fully saturated rings. The number of hydrogen-bond donors (Lipinski definition) is 1. The molecule has 1 aliphatic rings. The van der Waals surface area contributed by atoms with Crippen molar-refractivity contribution in [3.8, 4) is 0 Å². The van der Waals surface area contributed by atoms with Gasteiger partial charge in [-0.1, -0.05) is 42.8 Å². The number of nitrogens with zero attached hydrogens (tertiary/aromatic N) is 2. The van der Waals surface area contributed by atoms with Crippen LogP contribution in [0.4, 0.5) is 11.4 Å². The fourth-order valence-corrected chi connectivity index (χ4v) is 3.65. The number of imide groups is 1. The van der Waals surface area contributed by atoms with Gasteiger partial charge in [0.25, 0.3) is 5.91 Å². The van der Waals surface area contributed by atoms with Crippen LogP contribution >= 0.6 is 12.2 Å². The fraction of sp³-hybridized carbons (Fsp3) is 0.261. The highest BCUT2D eigenvalue weighted by molar-refractivity contribution is 7.80. The summed E-state index contributed by atoms with van der Waals surface area (Å²) < 4.78 is 0. The van der Waals surface area contributed by atoms with Gasteiger partial charge in [-0.3, -0.25) is 9.59 Å². The van der Waals surface area contributed by atoms with Gasteiger partial charge in [-0.05, 0) is 55.4 Å². The zero-order valence-electron chi connectivity index (χ0n) is 16.7. The van der Waals surface area contributed by atoms with E-state index in [1.165, 1.54) is 4.90 Å². The standard InChI is InChI=1S/C23H25N3O2S/c1-4-14-25(23(29)24-18-10-6-16(3)7-11-18)20-15-21(27)26(22(20)28)19-12-8-17(5-2)9-13-19/h4,6-13,20H,1,5,14-15H2,2-3H3,(H,24,29)/t20-/m1/s1. The molecule has 5 nitrogen and oxygen atoms in total. The molecular formula is C23H25N3O2S. The third-order valence-electron chi connectivity index (χ3n) is 4.99. The predicted octanol–water partition coefficient (Wildman–Crippen LogP) is 4.07. The van der Waals surface area contributed by atoms with Gasteiger partial charge >= 0.3 is 0 Å². The minimum Gasteiger partial charge on any atom is -0.333 e. The van der Waals surface area contributed by atoms with Crippen molar-refractivity contribution in [1.29, 1.82) is 0 Å². The molecule has 1 aliphatic heterocycles. The second-order valence-electron chi connectivity index (χ2n) is 7.04. The number of carbonyl (C=O) groups is 2. The maximum Gasteiger partial charge on any atom is 0.257 e. The number of anilines is 2. The van der Waals surface area contributed by atoms with Crippen molar-refractivity contribution in [1.82, 2.24) is 4.90 Å². The number of benzene rings is 2. The third-order valence-corrected chi connectivity index (χ3v) is 5.33. The molecule has 2 aromatic carbocycles.